The molecule has 0 aliphatic heterocycles. The lowest BCUT2D eigenvalue weighted by Gasteiger charge is -2.22. The summed E-state index contributed by atoms with van der Waals surface area (Å²) in [4.78, 5) is 37.4. The van der Waals surface area contributed by atoms with Gasteiger partial charge in [0, 0.05) is 24.2 Å². The molecule has 2 aromatic carbocycles. The van der Waals surface area contributed by atoms with Crippen molar-refractivity contribution in [2.24, 2.45) is 0 Å². The Morgan fingerprint density at radius 1 is 1.10 bits per heavy atom. The van der Waals surface area contributed by atoms with E-state index in [-0.39, 0.29) is 24.3 Å². The number of nitrogens with zero attached hydrogens (tertiary/aromatic N) is 1. The third-order valence-corrected chi connectivity index (χ3v) is 4.69. The molecule has 1 saturated carbocycles. The quantitative estimate of drug-likeness (QED) is 0.492. The lowest BCUT2D eigenvalue weighted by molar-refractivity contribution is -0.148. The summed E-state index contributed by atoms with van der Waals surface area (Å²) in [6.45, 7) is -0.258. The minimum Gasteiger partial charge on any atom is -0.465 e. The minimum atomic E-state index is -0.665. The van der Waals surface area contributed by atoms with Crippen molar-refractivity contribution in [1.29, 1.82) is 0 Å². The predicted molar refractivity (Wildman–Crippen MR) is 108 cm³/mol. The van der Waals surface area contributed by atoms with Gasteiger partial charge in [-0.2, -0.15) is 0 Å². The van der Waals surface area contributed by atoms with Crippen molar-refractivity contribution in [3.05, 3.63) is 77.1 Å². The Labute approximate surface area is 173 Å². The number of benzene rings is 2. The molecular formula is C23H22FNO5. The molecule has 7 heteroatoms. The summed E-state index contributed by atoms with van der Waals surface area (Å²) in [5, 5.41) is 0. The Morgan fingerprint density at radius 3 is 2.43 bits per heavy atom. The van der Waals surface area contributed by atoms with Gasteiger partial charge in [0.25, 0.3) is 5.91 Å². The third kappa shape index (κ3) is 5.76. The van der Waals surface area contributed by atoms with E-state index in [0.717, 1.165) is 12.8 Å². The number of amides is 1. The van der Waals surface area contributed by atoms with E-state index in [9.17, 15) is 18.8 Å². The van der Waals surface area contributed by atoms with Crippen molar-refractivity contribution in [3.63, 3.8) is 0 Å². The van der Waals surface area contributed by atoms with Crippen LogP contribution in [0.5, 0.6) is 0 Å². The van der Waals surface area contributed by atoms with Gasteiger partial charge in [0.05, 0.1) is 12.7 Å². The van der Waals surface area contributed by atoms with Gasteiger partial charge >= 0.3 is 11.9 Å². The zero-order valence-corrected chi connectivity index (χ0v) is 16.5. The topological polar surface area (TPSA) is 72.9 Å². The molecule has 0 heterocycles. The highest BCUT2D eigenvalue weighted by atomic mass is 19.1. The standard InChI is InChI=1S/C23H22FNO5/c1-29-23(28)17-9-6-16(7-10-17)8-13-22(27)30-15-21(26)25(19-11-12-19)14-18-4-2-3-5-20(18)24/h2-10,13,19H,11-12,14-15H2,1H3/b13-8+. The second-order valence-electron chi connectivity index (χ2n) is 6.90. The number of halogens is 1. The van der Waals surface area contributed by atoms with Crippen LogP contribution in [0.25, 0.3) is 6.08 Å². The smallest absolute Gasteiger partial charge is 0.337 e. The maximum atomic E-state index is 13.9. The minimum absolute atomic E-state index is 0.0553. The molecule has 0 radical (unpaired) electrons. The van der Waals surface area contributed by atoms with Gasteiger partial charge in [-0.15, -0.1) is 0 Å². The highest BCUT2D eigenvalue weighted by molar-refractivity contribution is 5.91. The van der Waals surface area contributed by atoms with E-state index in [0.29, 0.717) is 16.7 Å². The summed E-state index contributed by atoms with van der Waals surface area (Å²) in [6, 6.07) is 12.8. The van der Waals surface area contributed by atoms with Crippen molar-refractivity contribution in [1.82, 2.24) is 4.90 Å². The summed E-state index contributed by atoms with van der Waals surface area (Å²) in [6.07, 6.45) is 4.44. The second kappa shape index (κ2) is 9.82. The van der Waals surface area contributed by atoms with Gasteiger partial charge in [-0.1, -0.05) is 30.3 Å². The Bertz CT molecular complexity index is 950. The van der Waals surface area contributed by atoms with Crippen LogP contribution in [0.15, 0.2) is 54.6 Å². The molecule has 3 rings (SSSR count). The number of hydrogen-bond donors (Lipinski definition) is 0. The van der Waals surface area contributed by atoms with Crippen LogP contribution >= 0.6 is 0 Å². The first-order chi connectivity index (χ1) is 14.5. The summed E-state index contributed by atoms with van der Waals surface area (Å²) in [5.41, 5.74) is 1.52. The van der Waals surface area contributed by atoms with Crippen molar-refractivity contribution in [2.75, 3.05) is 13.7 Å². The number of rotatable bonds is 8. The predicted octanol–water partition coefficient (Wildman–Crippen LogP) is 3.36. The van der Waals surface area contributed by atoms with Gasteiger partial charge in [0.1, 0.15) is 5.82 Å². The lowest BCUT2D eigenvalue weighted by atomic mass is 10.1. The van der Waals surface area contributed by atoms with Gasteiger partial charge in [-0.25, -0.2) is 14.0 Å². The van der Waals surface area contributed by atoms with Crippen LogP contribution in [0.3, 0.4) is 0 Å². The number of esters is 2. The molecule has 0 unspecified atom stereocenters. The van der Waals surface area contributed by atoms with E-state index in [2.05, 4.69) is 4.74 Å². The van der Waals surface area contributed by atoms with E-state index in [1.54, 1.807) is 47.4 Å². The average molecular weight is 411 g/mol. The summed E-state index contributed by atoms with van der Waals surface area (Å²) < 4.78 is 23.6. The van der Waals surface area contributed by atoms with Crippen LogP contribution in [0, 0.1) is 5.82 Å². The molecule has 0 atom stereocenters. The van der Waals surface area contributed by atoms with Gasteiger partial charge in [-0.3, -0.25) is 4.79 Å². The number of hydrogen-bond acceptors (Lipinski definition) is 5. The first-order valence-electron chi connectivity index (χ1n) is 9.54. The maximum Gasteiger partial charge on any atom is 0.337 e. The monoisotopic (exact) mass is 411 g/mol. The van der Waals surface area contributed by atoms with Crippen LogP contribution in [-0.4, -0.2) is 42.5 Å². The first kappa shape index (κ1) is 21.2. The number of ether oxygens (including phenoxy) is 2. The second-order valence-corrected chi connectivity index (χ2v) is 6.90. The van der Waals surface area contributed by atoms with Crippen molar-refractivity contribution < 1.29 is 28.2 Å². The fraction of sp³-hybridized carbons (Fsp3) is 0.261. The van der Waals surface area contributed by atoms with Gasteiger partial charge < -0.3 is 14.4 Å². The fourth-order valence-electron chi connectivity index (χ4n) is 2.89. The zero-order valence-electron chi connectivity index (χ0n) is 16.5. The van der Waals surface area contributed by atoms with Crippen molar-refractivity contribution >= 4 is 23.9 Å². The molecule has 0 aromatic heterocycles. The summed E-state index contributed by atoms with van der Waals surface area (Å²) >= 11 is 0. The molecule has 0 spiro atoms. The fourth-order valence-corrected chi connectivity index (χ4v) is 2.89. The van der Waals surface area contributed by atoms with Crippen LogP contribution in [0.2, 0.25) is 0 Å². The van der Waals surface area contributed by atoms with E-state index >= 15 is 0 Å². The maximum absolute atomic E-state index is 13.9. The zero-order chi connectivity index (χ0) is 21.5. The van der Waals surface area contributed by atoms with Crippen LogP contribution in [0.4, 0.5) is 4.39 Å². The van der Waals surface area contributed by atoms with E-state index < -0.39 is 18.5 Å². The average Bonchev–Trinajstić information content (AvgIpc) is 3.60. The van der Waals surface area contributed by atoms with Gasteiger partial charge in [0.2, 0.25) is 0 Å². The van der Waals surface area contributed by atoms with E-state index in [1.165, 1.54) is 25.3 Å². The molecule has 0 saturated heterocycles. The van der Waals surface area contributed by atoms with Gasteiger partial charge in [0.15, 0.2) is 6.61 Å². The molecule has 1 amide bonds. The normalized spacial score (nSPS) is 13.1. The third-order valence-electron chi connectivity index (χ3n) is 4.69. The molecule has 1 fully saturated rings. The number of carbonyl (C=O) groups is 3. The Morgan fingerprint density at radius 2 is 1.80 bits per heavy atom. The molecular weight excluding hydrogens is 389 g/mol. The molecule has 156 valence electrons. The van der Waals surface area contributed by atoms with Gasteiger partial charge in [-0.05, 0) is 42.7 Å². The van der Waals surface area contributed by atoms with Crippen LogP contribution in [-0.2, 0) is 25.6 Å². The Balaban J connectivity index is 1.52. The molecule has 0 N–H and O–H groups in total. The molecule has 1 aliphatic carbocycles. The largest absolute Gasteiger partial charge is 0.465 e. The van der Waals surface area contributed by atoms with E-state index in [4.69, 9.17) is 4.74 Å². The highest BCUT2D eigenvalue weighted by Gasteiger charge is 2.33. The first-order valence-corrected chi connectivity index (χ1v) is 9.54. The number of methoxy groups -OCH3 is 1. The Hall–Kier alpha value is -3.48. The number of carbonyl (C=O) groups excluding carboxylic acids is 3. The van der Waals surface area contributed by atoms with Crippen LogP contribution in [0.1, 0.15) is 34.3 Å². The summed E-state index contributed by atoms with van der Waals surface area (Å²) in [7, 11) is 1.30. The van der Waals surface area contributed by atoms with Crippen LogP contribution < -0.4 is 0 Å². The highest BCUT2D eigenvalue weighted by Crippen LogP contribution is 2.29. The molecule has 0 bridgehead atoms. The SMILES string of the molecule is COC(=O)c1ccc(/C=C/C(=O)OCC(=O)N(Cc2ccccc2F)C2CC2)cc1. The Kier molecular flexibility index (Phi) is 6.95. The van der Waals surface area contributed by atoms with E-state index in [1.807, 2.05) is 0 Å². The molecule has 1 aliphatic rings. The molecule has 6 nitrogen and oxygen atoms in total. The van der Waals surface area contributed by atoms with Crippen molar-refractivity contribution in [2.45, 2.75) is 25.4 Å². The summed E-state index contributed by atoms with van der Waals surface area (Å²) in [5.74, 6) is -1.83. The lowest BCUT2D eigenvalue weighted by Crippen LogP contribution is -2.36. The molecule has 2 aromatic rings. The molecule has 30 heavy (non-hydrogen) atoms. The van der Waals surface area contributed by atoms with Crippen molar-refractivity contribution in [3.8, 4) is 0 Å².